The van der Waals surface area contributed by atoms with Gasteiger partial charge in [0.15, 0.2) is 5.17 Å². The lowest BCUT2D eigenvalue weighted by atomic mass is 9.85. The van der Waals surface area contributed by atoms with E-state index in [4.69, 9.17) is 0 Å². The van der Waals surface area contributed by atoms with Gasteiger partial charge < -0.3 is 10.2 Å². The Labute approximate surface area is 171 Å². The number of para-hydroxylation sites is 1. The third kappa shape index (κ3) is 4.27. The van der Waals surface area contributed by atoms with Gasteiger partial charge in [-0.3, -0.25) is 9.59 Å². The molecule has 4 rings (SSSR count). The number of hydrogen-bond donors (Lipinski definition) is 1. The van der Waals surface area contributed by atoms with E-state index in [-0.39, 0.29) is 18.2 Å². The summed E-state index contributed by atoms with van der Waals surface area (Å²) in [4.78, 5) is 31.4. The van der Waals surface area contributed by atoms with E-state index in [1.54, 1.807) is 0 Å². The number of anilines is 1. The standard InChI is InChI=1S/C22H29N3O2S/c1-15(16-8-3-2-4-9-16)23-22-24-21(27)19(28-22)14-20(26)25-13-7-11-17-10-5-6-12-18(17)25/h5-6,10,12,15-16,19H,2-4,7-9,11,13-14H2,1H3,(H,23,24,27)/t15-,19?/m0/s1. The highest BCUT2D eigenvalue weighted by atomic mass is 32.2. The smallest absolute Gasteiger partial charge is 0.262 e. The Morgan fingerprint density at radius 3 is 2.86 bits per heavy atom. The van der Waals surface area contributed by atoms with Crippen LogP contribution in [0.15, 0.2) is 29.3 Å². The number of carbonyl (C=O) groups is 2. The minimum atomic E-state index is -0.400. The van der Waals surface area contributed by atoms with Crippen molar-refractivity contribution in [2.45, 2.75) is 69.6 Å². The number of thioether (sulfide) groups is 1. The van der Waals surface area contributed by atoms with Crippen molar-refractivity contribution < 1.29 is 9.59 Å². The molecule has 0 spiro atoms. The number of benzene rings is 1. The summed E-state index contributed by atoms with van der Waals surface area (Å²) in [5, 5.41) is 3.74. The summed E-state index contributed by atoms with van der Waals surface area (Å²) >= 11 is 1.43. The first-order valence-electron chi connectivity index (χ1n) is 10.6. The predicted molar refractivity (Wildman–Crippen MR) is 115 cm³/mol. The Hall–Kier alpha value is -1.82. The van der Waals surface area contributed by atoms with E-state index in [1.807, 2.05) is 23.1 Å². The first-order valence-corrected chi connectivity index (χ1v) is 11.4. The van der Waals surface area contributed by atoms with E-state index in [1.165, 1.54) is 49.4 Å². The summed E-state index contributed by atoms with van der Waals surface area (Å²) in [5.41, 5.74) is 2.21. The van der Waals surface area contributed by atoms with Crippen molar-refractivity contribution in [3.63, 3.8) is 0 Å². The molecule has 2 aliphatic heterocycles. The lowest BCUT2D eigenvalue weighted by Crippen LogP contribution is -2.38. The number of rotatable bonds is 4. The summed E-state index contributed by atoms with van der Waals surface area (Å²) in [6, 6.07) is 8.40. The molecule has 1 N–H and O–H groups in total. The number of nitrogens with one attached hydrogen (secondary N) is 1. The molecule has 2 atom stereocenters. The second kappa shape index (κ2) is 8.68. The Kier molecular flexibility index (Phi) is 6.04. The van der Waals surface area contributed by atoms with Crippen LogP contribution in [0.4, 0.5) is 5.69 Å². The van der Waals surface area contributed by atoms with Crippen molar-refractivity contribution in [2.24, 2.45) is 10.9 Å². The van der Waals surface area contributed by atoms with Crippen LogP contribution in [0.5, 0.6) is 0 Å². The van der Waals surface area contributed by atoms with Gasteiger partial charge in [0.2, 0.25) is 5.91 Å². The highest BCUT2D eigenvalue weighted by Gasteiger charge is 2.34. The molecule has 1 fully saturated rings. The largest absolute Gasteiger partial charge is 0.362 e. The fourth-order valence-electron chi connectivity index (χ4n) is 4.59. The zero-order chi connectivity index (χ0) is 19.5. The maximum Gasteiger partial charge on any atom is 0.262 e. The molecule has 2 amide bonds. The summed E-state index contributed by atoms with van der Waals surface area (Å²) in [7, 11) is 0. The van der Waals surface area contributed by atoms with Gasteiger partial charge in [-0.1, -0.05) is 49.2 Å². The maximum absolute atomic E-state index is 12.9. The molecule has 0 radical (unpaired) electrons. The SMILES string of the molecule is C[C@H](NC1=NC(=O)C(CC(=O)N2CCCc3ccccc32)S1)C1CCCCC1. The molecule has 5 nitrogen and oxygen atoms in total. The first-order chi connectivity index (χ1) is 13.6. The van der Waals surface area contributed by atoms with E-state index in [0.717, 1.165) is 25.1 Å². The highest BCUT2D eigenvalue weighted by molar-refractivity contribution is 8.15. The van der Waals surface area contributed by atoms with Gasteiger partial charge in [0.1, 0.15) is 5.25 Å². The number of hydrogen-bond acceptors (Lipinski definition) is 4. The number of carbonyl (C=O) groups excluding carboxylic acids is 2. The molecule has 28 heavy (non-hydrogen) atoms. The Balaban J connectivity index is 1.34. The molecule has 3 aliphatic rings. The Morgan fingerprint density at radius 1 is 1.25 bits per heavy atom. The molecule has 1 aliphatic carbocycles. The average Bonchev–Trinajstić information content (AvgIpc) is 3.06. The number of fused-ring (bicyclic) bond motifs is 1. The van der Waals surface area contributed by atoms with E-state index < -0.39 is 5.25 Å². The van der Waals surface area contributed by atoms with Gasteiger partial charge in [0.05, 0.1) is 0 Å². The van der Waals surface area contributed by atoms with Crippen molar-refractivity contribution in [3.05, 3.63) is 29.8 Å². The quantitative estimate of drug-likeness (QED) is 0.834. The summed E-state index contributed by atoms with van der Waals surface area (Å²) in [5.74, 6) is 0.495. The fraction of sp³-hybridized carbons (Fsp3) is 0.591. The minimum absolute atomic E-state index is 0.0229. The number of amidine groups is 1. The maximum atomic E-state index is 12.9. The third-order valence-corrected chi connectivity index (χ3v) is 7.31. The zero-order valence-electron chi connectivity index (χ0n) is 16.5. The van der Waals surface area contributed by atoms with E-state index >= 15 is 0 Å². The Morgan fingerprint density at radius 2 is 2.04 bits per heavy atom. The molecule has 2 heterocycles. The molecule has 1 aromatic carbocycles. The van der Waals surface area contributed by atoms with Gasteiger partial charge in [0.25, 0.3) is 5.91 Å². The van der Waals surface area contributed by atoms with Crippen LogP contribution in [-0.4, -0.2) is 34.8 Å². The highest BCUT2D eigenvalue weighted by Crippen LogP contribution is 2.31. The van der Waals surface area contributed by atoms with Gasteiger partial charge in [0, 0.05) is 24.7 Å². The molecular weight excluding hydrogens is 370 g/mol. The number of amides is 2. The second-order valence-corrected chi connectivity index (χ2v) is 9.37. The van der Waals surface area contributed by atoms with Crippen molar-refractivity contribution in [3.8, 4) is 0 Å². The van der Waals surface area contributed by atoms with Gasteiger partial charge in [-0.2, -0.15) is 4.99 Å². The van der Waals surface area contributed by atoms with Crippen LogP contribution in [0.25, 0.3) is 0 Å². The fourth-order valence-corrected chi connectivity index (χ4v) is 5.63. The van der Waals surface area contributed by atoms with Crippen molar-refractivity contribution in [1.82, 2.24) is 5.32 Å². The van der Waals surface area contributed by atoms with Crippen LogP contribution < -0.4 is 10.2 Å². The van der Waals surface area contributed by atoms with E-state index in [0.29, 0.717) is 17.1 Å². The van der Waals surface area contributed by atoms with Crippen LogP contribution in [0, 0.1) is 5.92 Å². The molecule has 1 saturated carbocycles. The van der Waals surface area contributed by atoms with Crippen LogP contribution in [0.3, 0.4) is 0 Å². The lowest BCUT2D eigenvalue weighted by molar-refractivity contribution is -0.122. The monoisotopic (exact) mass is 399 g/mol. The number of aliphatic imine (C=N–C) groups is 1. The molecule has 6 heteroatoms. The molecular formula is C22H29N3O2S. The lowest BCUT2D eigenvalue weighted by Gasteiger charge is -2.30. The molecule has 150 valence electrons. The summed E-state index contributed by atoms with van der Waals surface area (Å²) in [6.45, 7) is 2.92. The minimum Gasteiger partial charge on any atom is -0.362 e. The van der Waals surface area contributed by atoms with E-state index in [9.17, 15) is 9.59 Å². The molecule has 0 saturated heterocycles. The second-order valence-electron chi connectivity index (χ2n) is 8.17. The summed E-state index contributed by atoms with van der Waals surface area (Å²) in [6.07, 6.45) is 8.61. The zero-order valence-corrected chi connectivity index (χ0v) is 17.3. The molecule has 0 aromatic heterocycles. The average molecular weight is 400 g/mol. The van der Waals surface area contributed by atoms with Crippen molar-refractivity contribution in [2.75, 3.05) is 11.4 Å². The van der Waals surface area contributed by atoms with Gasteiger partial charge in [-0.15, -0.1) is 0 Å². The number of nitrogens with zero attached hydrogens (tertiary/aromatic N) is 2. The van der Waals surface area contributed by atoms with Crippen LogP contribution in [-0.2, 0) is 16.0 Å². The molecule has 0 bridgehead atoms. The summed E-state index contributed by atoms with van der Waals surface area (Å²) < 4.78 is 0. The topological polar surface area (TPSA) is 61.8 Å². The normalized spacial score (nSPS) is 23.9. The van der Waals surface area contributed by atoms with Crippen molar-refractivity contribution >= 4 is 34.4 Å². The first kappa shape index (κ1) is 19.5. The molecule has 1 aromatic rings. The van der Waals surface area contributed by atoms with Crippen LogP contribution >= 0.6 is 11.8 Å². The van der Waals surface area contributed by atoms with Gasteiger partial charge >= 0.3 is 0 Å². The van der Waals surface area contributed by atoms with E-state index in [2.05, 4.69) is 23.3 Å². The Bertz CT molecular complexity index is 773. The third-order valence-electron chi connectivity index (χ3n) is 6.22. The predicted octanol–water partition coefficient (Wildman–Crippen LogP) is 3.91. The van der Waals surface area contributed by atoms with Crippen LogP contribution in [0.2, 0.25) is 0 Å². The van der Waals surface area contributed by atoms with Gasteiger partial charge in [-0.25, -0.2) is 0 Å². The van der Waals surface area contributed by atoms with Crippen LogP contribution in [0.1, 0.15) is 57.4 Å². The number of aryl methyl sites for hydroxylation is 1. The van der Waals surface area contributed by atoms with Gasteiger partial charge in [-0.05, 0) is 50.2 Å². The molecule has 1 unspecified atom stereocenters. The van der Waals surface area contributed by atoms with Crippen molar-refractivity contribution in [1.29, 1.82) is 0 Å².